The molecule has 20 heavy (non-hydrogen) atoms. The van der Waals surface area contributed by atoms with Gasteiger partial charge in [0.2, 0.25) is 0 Å². The van der Waals surface area contributed by atoms with Crippen molar-refractivity contribution in [1.82, 2.24) is 0 Å². The van der Waals surface area contributed by atoms with Gasteiger partial charge in [0.1, 0.15) is 0 Å². The number of carbonyl (C=O) groups is 1. The highest BCUT2D eigenvalue weighted by atomic mass is 35.5. The van der Waals surface area contributed by atoms with Gasteiger partial charge in [0.05, 0.1) is 11.4 Å². The van der Waals surface area contributed by atoms with E-state index in [1.807, 2.05) is 30.3 Å². The van der Waals surface area contributed by atoms with Crippen LogP contribution in [-0.2, 0) is 4.74 Å². The standard InChI is InChI=1S/C16H12ClNO2/c1-11-15(12-6-3-2-4-7-12)20-16(19)18(11)14-9-5-8-13(17)10-14/h2-10,15H,1H2. The van der Waals surface area contributed by atoms with Crippen molar-refractivity contribution in [3.63, 3.8) is 0 Å². The summed E-state index contributed by atoms with van der Waals surface area (Å²) in [6.07, 6.45) is -0.895. The van der Waals surface area contributed by atoms with Crippen LogP contribution in [0.25, 0.3) is 0 Å². The number of nitrogens with zero attached hydrogens (tertiary/aromatic N) is 1. The van der Waals surface area contributed by atoms with Gasteiger partial charge in [0.15, 0.2) is 6.10 Å². The molecule has 0 aromatic heterocycles. The molecule has 1 aliphatic heterocycles. The summed E-state index contributed by atoms with van der Waals surface area (Å²) in [5.74, 6) is 0. The van der Waals surface area contributed by atoms with Crippen molar-refractivity contribution < 1.29 is 9.53 Å². The molecular formula is C16H12ClNO2. The Balaban J connectivity index is 1.95. The summed E-state index contributed by atoms with van der Waals surface area (Å²) in [6.45, 7) is 3.99. The minimum absolute atomic E-state index is 0.439. The second kappa shape index (κ2) is 5.02. The summed E-state index contributed by atoms with van der Waals surface area (Å²) >= 11 is 5.96. The Bertz CT molecular complexity index is 669. The highest BCUT2D eigenvalue weighted by molar-refractivity contribution is 6.30. The number of rotatable bonds is 2. The number of carbonyl (C=O) groups excluding carboxylic acids is 1. The summed E-state index contributed by atoms with van der Waals surface area (Å²) in [4.78, 5) is 13.5. The zero-order valence-electron chi connectivity index (χ0n) is 10.6. The Morgan fingerprint density at radius 3 is 2.55 bits per heavy atom. The number of amides is 1. The van der Waals surface area contributed by atoms with Crippen LogP contribution in [-0.4, -0.2) is 6.09 Å². The van der Waals surface area contributed by atoms with E-state index in [1.165, 1.54) is 4.90 Å². The highest BCUT2D eigenvalue weighted by Gasteiger charge is 2.37. The van der Waals surface area contributed by atoms with Crippen LogP contribution in [0, 0.1) is 0 Å². The molecule has 1 saturated heterocycles. The fourth-order valence-electron chi connectivity index (χ4n) is 2.23. The molecule has 2 aromatic carbocycles. The molecule has 3 nitrogen and oxygen atoms in total. The fraction of sp³-hybridized carbons (Fsp3) is 0.0625. The first-order chi connectivity index (χ1) is 9.66. The van der Waals surface area contributed by atoms with Gasteiger partial charge in [-0.1, -0.05) is 54.6 Å². The van der Waals surface area contributed by atoms with Crippen LogP contribution in [0.3, 0.4) is 0 Å². The van der Waals surface area contributed by atoms with Crippen LogP contribution in [0.1, 0.15) is 11.7 Å². The third-order valence-corrected chi connectivity index (χ3v) is 3.39. The zero-order chi connectivity index (χ0) is 14.1. The molecule has 3 rings (SSSR count). The molecule has 100 valence electrons. The monoisotopic (exact) mass is 285 g/mol. The smallest absolute Gasteiger partial charge is 0.419 e. The Morgan fingerprint density at radius 2 is 1.85 bits per heavy atom. The maximum atomic E-state index is 12.1. The number of ether oxygens (including phenoxy) is 1. The Morgan fingerprint density at radius 1 is 1.10 bits per heavy atom. The molecule has 1 unspecified atom stereocenters. The Kier molecular flexibility index (Phi) is 3.20. The molecule has 1 aliphatic rings. The van der Waals surface area contributed by atoms with E-state index in [9.17, 15) is 4.79 Å². The summed E-state index contributed by atoms with van der Waals surface area (Å²) < 4.78 is 5.41. The van der Waals surface area contributed by atoms with Gasteiger partial charge < -0.3 is 4.74 Å². The van der Waals surface area contributed by atoms with Gasteiger partial charge in [-0.15, -0.1) is 0 Å². The lowest BCUT2D eigenvalue weighted by Crippen LogP contribution is -2.21. The molecule has 4 heteroatoms. The van der Waals surface area contributed by atoms with Gasteiger partial charge in [0, 0.05) is 5.02 Å². The molecular weight excluding hydrogens is 274 g/mol. The first kappa shape index (κ1) is 12.8. The van der Waals surface area contributed by atoms with Crippen LogP contribution >= 0.6 is 11.6 Å². The van der Waals surface area contributed by atoms with Gasteiger partial charge in [-0.05, 0) is 23.8 Å². The summed E-state index contributed by atoms with van der Waals surface area (Å²) in [5.41, 5.74) is 2.14. The number of hydrogen-bond donors (Lipinski definition) is 0. The lowest BCUT2D eigenvalue weighted by molar-refractivity contribution is 0.147. The van der Waals surface area contributed by atoms with E-state index in [0.717, 1.165) is 5.56 Å². The molecule has 0 radical (unpaired) electrons. The molecule has 1 amide bonds. The summed E-state index contributed by atoms with van der Waals surface area (Å²) in [7, 11) is 0. The lowest BCUT2D eigenvalue weighted by atomic mass is 10.1. The minimum Gasteiger partial charge on any atom is -0.434 e. The van der Waals surface area contributed by atoms with Crippen molar-refractivity contribution in [3.05, 3.63) is 77.5 Å². The van der Waals surface area contributed by atoms with E-state index in [4.69, 9.17) is 16.3 Å². The van der Waals surface area contributed by atoms with Crippen molar-refractivity contribution in [2.45, 2.75) is 6.10 Å². The van der Waals surface area contributed by atoms with E-state index in [-0.39, 0.29) is 0 Å². The molecule has 1 atom stereocenters. The van der Waals surface area contributed by atoms with Crippen molar-refractivity contribution in [2.75, 3.05) is 4.90 Å². The van der Waals surface area contributed by atoms with Crippen LogP contribution in [0.5, 0.6) is 0 Å². The fourth-order valence-corrected chi connectivity index (χ4v) is 2.42. The van der Waals surface area contributed by atoms with Crippen LogP contribution < -0.4 is 4.90 Å². The Labute approximate surface area is 122 Å². The predicted molar refractivity (Wildman–Crippen MR) is 78.7 cm³/mol. The average molecular weight is 286 g/mol. The van der Waals surface area contributed by atoms with Gasteiger partial charge in [-0.3, -0.25) is 0 Å². The average Bonchev–Trinajstić information content (AvgIpc) is 2.75. The van der Waals surface area contributed by atoms with Crippen molar-refractivity contribution in [2.24, 2.45) is 0 Å². The largest absolute Gasteiger partial charge is 0.434 e. The van der Waals surface area contributed by atoms with Crippen molar-refractivity contribution in [1.29, 1.82) is 0 Å². The van der Waals surface area contributed by atoms with Gasteiger partial charge in [0.25, 0.3) is 0 Å². The number of anilines is 1. The van der Waals surface area contributed by atoms with Crippen LogP contribution in [0.4, 0.5) is 10.5 Å². The quantitative estimate of drug-likeness (QED) is 0.810. The third kappa shape index (κ3) is 2.17. The SMILES string of the molecule is C=C1C(c2ccccc2)OC(=O)N1c1cccc(Cl)c1. The van der Waals surface area contributed by atoms with Crippen molar-refractivity contribution in [3.8, 4) is 0 Å². The number of halogens is 1. The molecule has 0 saturated carbocycles. The van der Waals surface area contributed by atoms with Gasteiger partial charge in [-0.2, -0.15) is 0 Å². The van der Waals surface area contributed by atoms with Gasteiger partial charge in [-0.25, -0.2) is 9.69 Å². The molecule has 1 fully saturated rings. The second-order valence-corrected chi connectivity index (χ2v) is 4.92. The zero-order valence-corrected chi connectivity index (χ0v) is 11.4. The van der Waals surface area contributed by atoms with Gasteiger partial charge >= 0.3 is 6.09 Å². The first-order valence-corrected chi connectivity index (χ1v) is 6.54. The minimum atomic E-state index is -0.456. The Hall–Kier alpha value is -2.26. The first-order valence-electron chi connectivity index (χ1n) is 6.17. The molecule has 0 N–H and O–H groups in total. The predicted octanol–water partition coefficient (Wildman–Crippen LogP) is 4.55. The molecule has 0 spiro atoms. The van der Waals surface area contributed by atoms with E-state index in [1.54, 1.807) is 24.3 Å². The number of benzene rings is 2. The normalized spacial score (nSPS) is 18.2. The van der Waals surface area contributed by atoms with E-state index < -0.39 is 12.2 Å². The van der Waals surface area contributed by atoms with E-state index >= 15 is 0 Å². The molecule has 2 aromatic rings. The molecule has 0 aliphatic carbocycles. The van der Waals surface area contributed by atoms with Crippen LogP contribution in [0.2, 0.25) is 5.02 Å². The van der Waals surface area contributed by atoms with Crippen LogP contribution in [0.15, 0.2) is 66.9 Å². The number of hydrogen-bond acceptors (Lipinski definition) is 2. The molecule has 0 bridgehead atoms. The van der Waals surface area contributed by atoms with E-state index in [0.29, 0.717) is 16.4 Å². The molecule has 1 heterocycles. The summed E-state index contributed by atoms with van der Waals surface area (Å²) in [6, 6.07) is 16.6. The highest BCUT2D eigenvalue weighted by Crippen LogP contribution is 2.38. The lowest BCUT2D eigenvalue weighted by Gasteiger charge is -2.15. The van der Waals surface area contributed by atoms with Crippen molar-refractivity contribution >= 4 is 23.4 Å². The second-order valence-electron chi connectivity index (χ2n) is 4.48. The topological polar surface area (TPSA) is 29.5 Å². The maximum Gasteiger partial charge on any atom is 0.419 e. The van der Waals surface area contributed by atoms with E-state index in [2.05, 4.69) is 6.58 Å². The summed E-state index contributed by atoms with van der Waals surface area (Å²) in [5, 5.41) is 0.561. The maximum absolute atomic E-state index is 12.1. The third-order valence-electron chi connectivity index (χ3n) is 3.16. The number of cyclic esters (lactones) is 1.